The molecular formula is C16H20ClNOS. The van der Waals surface area contributed by atoms with Crippen molar-refractivity contribution < 1.29 is 4.74 Å². The van der Waals surface area contributed by atoms with Crippen LogP contribution in [0.2, 0.25) is 5.02 Å². The van der Waals surface area contributed by atoms with Crippen molar-refractivity contribution in [3.05, 3.63) is 50.2 Å². The van der Waals surface area contributed by atoms with Crippen LogP contribution < -0.4 is 10.1 Å². The maximum atomic E-state index is 6.18. The predicted molar refractivity (Wildman–Crippen MR) is 87.0 cm³/mol. The molecule has 0 radical (unpaired) electrons. The van der Waals surface area contributed by atoms with Gasteiger partial charge >= 0.3 is 0 Å². The second-order valence-corrected chi connectivity index (χ2v) is 6.55. The molecule has 0 saturated carbocycles. The van der Waals surface area contributed by atoms with E-state index < -0.39 is 0 Å². The van der Waals surface area contributed by atoms with Gasteiger partial charge in [0.15, 0.2) is 0 Å². The van der Waals surface area contributed by atoms with Crippen LogP contribution in [0, 0.1) is 13.8 Å². The number of halogens is 1. The molecule has 0 aliphatic heterocycles. The molecule has 2 rings (SSSR count). The molecular weight excluding hydrogens is 290 g/mol. The lowest BCUT2D eigenvalue weighted by molar-refractivity contribution is 0.306. The van der Waals surface area contributed by atoms with Gasteiger partial charge in [0.2, 0.25) is 0 Å². The molecule has 0 amide bonds. The highest BCUT2D eigenvalue weighted by molar-refractivity contribution is 7.12. The summed E-state index contributed by atoms with van der Waals surface area (Å²) in [6, 6.07) is 8.08. The molecule has 0 fully saturated rings. The van der Waals surface area contributed by atoms with E-state index in [4.69, 9.17) is 16.3 Å². The molecule has 1 heterocycles. The first-order chi connectivity index (χ1) is 9.60. The molecule has 1 N–H and O–H groups in total. The zero-order chi connectivity index (χ0) is 14.5. The van der Waals surface area contributed by atoms with Crippen molar-refractivity contribution >= 4 is 22.9 Å². The van der Waals surface area contributed by atoms with Crippen LogP contribution in [0.3, 0.4) is 0 Å². The summed E-state index contributed by atoms with van der Waals surface area (Å²) in [5, 5.41) is 4.01. The molecule has 0 atom stereocenters. The third-order valence-electron chi connectivity index (χ3n) is 3.09. The zero-order valence-corrected chi connectivity index (χ0v) is 13.7. The minimum absolute atomic E-state index is 0.567. The molecule has 1 aromatic carbocycles. The van der Waals surface area contributed by atoms with Crippen molar-refractivity contribution in [2.45, 2.75) is 33.9 Å². The van der Waals surface area contributed by atoms with E-state index in [1.54, 1.807) is 0 Å². The third kappa shape index (κ3) is 3.98. The van der Waals surface area contributed by atoms with E-state index in [1.807, 2.05) is 36.5 Å². The molecule has 2 aromatic rings. The van der Waals surface area contributed by atoms with Gasteiger partial charge in [0.1, 0.15) is 12.4 Å². The fourth-order valence-electron chi connectivity index (χ4n) is 1.94. The second-order valence-electron chi connectivity index (χ2n) is 4.80. The Kier molecular flexibility index (Phi) is 5.46. The number of rotatable bonds is 6. The molecule has 0 saturated heterocycles. The van der Waals surface area contributed by atoms with Crippen molar-refractivity contribution in [2.24, 2.45) is 0 Å². The maximum Gasteiger partial charge on any atom is 0.138 e. The van der Waals surface area contributed by atoms with Crippen molar-refractivity contribution in [2.75, 3.05) is 6.54 Å². The van der Waals surface area contributed by atoms with Gasteiger partial charge in [-0.15, -0.1) is 11.3 Å². The number of ether oxygens (including phenoxy) is 1. The standard InChI is InChI=1S/C16H20ClNOS/c1-4-18-9-14-8-13(12(3)20-14)10-19-16-6-5-11(2)7-15(16)17/h5-8,18H,4,9-10H2,1-3H3. The van der Waals surface area contributed by atoms with Crippen LogP contribution in [0.25, 0.3) is 0 Å². The normalized spacial score (nSPS) is 10.8. The monoisotopic (exact) mass is 309 g/mol. The number of benzene rings is 1. The van der Waals surface area contributed by atoms with Crippen LogP contribution in [-0.4, -0.2) is 6.54 Å². The molecule has 1 aromatic heterocycles. The van der Waals surface area contributed by atoms with Gasteiger partial charge in [0, 0.05) is 21.9 Å². The molecule has 0 bridgehead atoms. The van der Waals surface area contributed by atoms with Gasteiger partial charge in [-0.25, -0.2) is 0 Å². The van der Waals surface area contributed by atoms with Crippen LogP contribution in [0.15, 0.2) is 24.3 Å². The highest BCUT2D eigenvalue weighted by Crippen LogP contribution is 2.28. The summed E-state index contributed by atoms with van der Waals surface area (Å²) in [6.07, 6.45) is 0. The van der Waals surface area contributed by atoms with Crippen LogP contribution in [0.4, 0.5) is 0 Å². The molecule has 0 unspecified atom stereocenters. The molecule has 0 spiro atoms. The van der Waals surface area contributed by atoms with E-state index >= 15 is 0 Å². The van der Waals surface area contributed by atoms with Gasteiger partial charge in [0.05, 0.1) is 5.02 Å². The fourth-order valence-corrected chi connectivity index (χ4v) is 3.25. The third-order valence-corrected chi connectivity index (χ3v) is 4.48. The first-order valence-corrected chi connectivity index (χ1v) is 7.97. The van der Waals surface area contributed by atoms with Crippen molar-refractivity contribution in [1.82, 2.24) is 5.32 Å². The molecule has 2 nitrogen and oxygen atoms in total. The summed E-state index contributed by atoms with van der Waals surface area (Å²) < 4.78 is 5.83. The maximum absolute atomic E-state index is 6.18. The van der Waals surface area contributed by atoms with Gasteiger partial charge in [-0.05, 0) is 44.2 Å². The summed E-state index contributed by atoms with van der Waals surface area (Å²) in [4.78, 5) is 2.65. The largest absolute Gasteiger partial charge is 0.487 e. The highest BCUT2D eigenvalue weighted by Gasteiger charge is 2.07. The van der Waals surface area contributed by atoms with E-state index in [2.05, 4.69) is 25.2 Å². The number of aryl methyl sites for hydroxylation is 2. The summed E-state index contributed by atoms with van der Waals surface area (Å²) in [5.41, 5.74) is 2.38. The van der Waals surface area contributed by atoms with Crippen LogP contribution in [0.5, 0.6) is 5.75 Å². The van der Waals surface area contributed by atoms with Gasteiger partial charge in [-0.2, -0.15) is 0 Å². The Morgan fingerprint density at radius 1 is 1.25 bits per heavy atom. The van der Waals surface area contributed by atoms with Crippen LogP contribution >= 0.6 is 22.9 Å². The average Bonchev–Trinajstić information content (AvgIpc) is 2.76. The van der Waals surface area contributed by atoms with Crippen molar-refractivity contribution in [3.63, 3.8) is 0 Å². The summed E-state index contributed by atoms with van der Waals surface area (Å²) in [7, 11) is 0. The molecule has 108 valence electrons. The van der Waals surface area contributed by atoms with Crippen molar-refractivity contribution in [1.29, 1.82) is 0 Å². The first kappa shape index (κ1) is 15.4. The van der Waals surface area contributed by atoms with Gasteiger partial charge in [0.25, 0.3) is 0 Å². The number of hydrogen-bond donors (Lipinski definition) is 1. The van der Waals surface area contributed by atoms with Crippen molar-refractivity contribution in [3.8, 4) is 5.75 Å². The average molecular weight is 310 g/mol. The van der Waals surface area contributed by atoms with Gasteiger partial charge in [-0.3, -0.25) is 0 Å². The lowest BCUT2D eigenvalue weighted by Gasteiger charge is -2.08. The topological polar surface area (TPSA) is 21.3 Å². The highest BCUT2D eigenvalue weighted by atomic mass is 35.5. The Bertz CT molecular complexity index is 580. The lowest BCUT2D eigenvalue weighted by Crippen LogP contribution is -2.10. The summed E-state index contributed by atoms with van der Waals surface area (Å²) in [6.45, 7) is 8.75. The van der Waals surface area contributed by atoms with E-state index in [0.717, 1.165) is 24.4 Å². The van der Waals surface area contributed by atoms with Crippen LogP contribution in [-0.2, 0) is 13.2 Å². The molecule has 20 heavy (non-hydrogen) atoms. The Morgan fingerprint density at radius 3 is 2.75 bits per heavy atom. The minimum Gasteiger partial charge on any atom is -0.487 e. The van der Waals surface area contributed by atoms with E-state index in [9.17, 15) is 0 Å². The SMILES string of the molecule is CCNCc1cc(COc2ccc(C)cc2Cl)c(C)s1. The number of nitrogens with one attached hydrogen (secondary N) is 1. The Labute approximate surface area is 129 Å². The smallest absolute Gasteiger partial charge is 0.138 e. The number of thiophene rings is 1. The first-order valence-electron chi connectivity index (χ1n) is 6.78. The molecule has 0 aliphatic carbocycles. The number of hydrogen-bond acceptors (Lipinski definition) is 3. The Balaban J connectivity index is 2.01. The Morgan fingerprint density at radius 2 is 2.05 bits per heavy atom. The van der Waals surface area contributed by atoms with Gasteiger partial charge in [-0.1, -0.05) is 24.6 Å². The summed E-state index contributed by atoms with van der Waals surface area (Å²) >= 11 is 8.00. The minimum atomic E-state index is 0.567. The second kappa shape index (κ2) is 7.11. The predicted octanol–water partition coefficient (Wildman–Crippen LogP) is 4.71. The van der Waals surface area contributed by atoms with E-state index in [1.165, 1.54) is 15.3 Å². The fraction of sp³-hybridized carbons (Fsp3) is 0.375. The summed E-state index contributed by atoms with van der Waals surface area (Å²) in [5.74, 6) is 0.746. The molecule has 0 aliphatic rings. The molecule has 4 heteroatoms. The Hall–Kier alpha value is -1.03. The zero-order valence-electron chi connectivity index (χ0n) is 12.1. The van der Waals surface area contributed by atoms with E-state index in [0.29, 0.717) is 11.6 Å². The van der Waals surface area contributed by atoms with Gasteiger partial charge < -0.3 is 10.1 Å². The quantitative estimate of drug-likeness (QED) is 0.834. The lowest BCUT2D eigenvalue weighted by atomic mass is 10.2. The van der Waals surface area contributed by atoms with E-state index in [-0.39, 0.29) is 0 Å². The van der Waals surface area contributed by atoms with Crippen LogP contribution in [0.1, 0.15) is 27.8 Å².